The number of pyridine rings is 1. The average molecular weight is 526 g/mol. The summed E-state index contributed by atoms with van der Waals surface area (Å²) in [5.41, 5.74) is 5.32. The third-order valence-corrected chi connectivity index (χ3v) is 7.83. The zero-order valence-electron chi connectivity index (χ0n) is 21.6. The van der Waals surface area contributed by atoms with E-state index in [0.29, 0.717) is 54.6 Å². The van der Waals surface area contributed by atoms with Crippen LogP contribution in [0.1, 0.15) is 35.0 Å². The van der Waals surface area contributed by atoms with Crippen molar-refractivity contribution in [3.8, 4) is 11.3 Å². The van der Waals surface area contributed by atoms with Gasteiger partial charge in [-0.25, -0.2) is 9.37 Å². The van der Waals surface area contributed by atoms with Crippen molar-refractivity contribution in [2.75, 3.05) is 31.6 Å². The monoisotopic (exact) mass is 525 g/mol. The highest BCUT2D eigenvalue weighted by Crippen LogP contribution is 2.36. The van der Waals surface area contributed by atoms with E-state index in [0.717, 1.165) is 31.0 Å². The molecule has 7 rings (SSSR count). The van der Waals surface area contributed by atoms with Crippen molar-refractivity contribution in [2.45, 2.75) is 31.7 Å². The SMILES string of the molecule is CC1(Nc2cc(-c3cncc(F)c3)nc3c(C(=O)N4CCOCC4)cnn23)CCc2[nH]c3ccccc3c2C1. The van der Waals surface area contributed by atoms with Crippen LogP contribution in [0, 0.1) is 5.82 Å². The number of hydrogen-bond donors (Lipinski definition) is 2. The molecule has 0 radical (unpaired) electrons. The Bertz CT molecular complexity index is 1720. The number of carbonyl (C=O) groups excluding carboxylic acids is 1. The minimum atomic E-state index is -0.451. The highest BCUT2D eigenvalue weighted by molar-refractivity contribution is 6.00. The zero-order chi connectivity index (χ0) is 26.6. The summed E-state index contributed by atoms with van der Waals surface area (Å²) >= 11 is 0. The van der Waals surface area contributed by atoms with Crippen LogP contribution < -0.4 is 5.32 Å². The molecule has 1 aromatic carbocycles. The van der Waals surface area contributed by atoms with Gasteiger partial charge in [-0.2, -0.15) is 9.61 Å². The summed E-state index contributed by atoms with van der Waals surface area (Å²) in [5, 5.41) is 9.56. The molecule has 5 heterocycles. The van der Waals surface area contributed by atoms with Gasteiger partial charge in [-0.1, -0.05) is 18.2 Å². The minimum Gasteiger partial charge on any atom is -0.378 e. The summed E-state index contributed by atoms with van der Waals surface area (Å²) in [6, 6.07) is 11.6. The molecule has 39 heavy (non-hydrogen) atoms. The molecule has 1 atom stereocenters. The van der Waals surface area contributed by atoms with Gasteiger partial charge in [0.2, 0.25) is 0 Å². The van der Waals surface area contributed by atoms with Crippen molar-refractivity contribution in [2.24, 2.45) is 0 Å². The molecule has 5 aromatic rings. The topological polar surface area (TPSA) is 100 Å². The van der Waals surface area contributed by atoms with Crippen LogP contribution >= 0.6 is 0 Å². The first-order chi connectivity index (χ1) is 19.0. The van der Waals surface area contributed by atoms with E-state index >= 15 is 0 Å². The van der Waals surface area contributed by atoms with Gasteiger partial charge in [0, 0.05) is 53.1 Å². The fraction of sp³-hybridized carbons (Fsp3) is 0.310. The molecule has 4 aromatic heterocycles. The number of para-hydroxylation sites is 1. The largest absolute Gasteiger partial charge is 0.378 e. The molecule has 1 amide bonds. The number of fused-ring (bicyclic) bond motifs is 4. The number of benzene rings is 1. The van der Waals surface area contributed by atoms with Crippen molar-refractivity contribution >= 4 is 28.3 Å². The second-order valence-electron chi connectivity index (χ2n) is 10.6. The first kappa shape index (κ1) is 23.8. The summed E-state index contributed by atoms with van der Waals surface area (Å²) in [6.45, 7) is 4.23. The van der Waals surface area contributed by atoms with E-state index in [2.05, 4.69) is 45.5 Å². The van der Waals surface area contributed by atoms with E-state index in [4.69, 9.17) is 9.72 Å². The van der Waals surface area contributed by atoms with Gasteiger partial charge in [-0.3, -0.25) is 9.78 Å². The number of H-pyrrole nitrogens is 1. The van der Waals surface area contributed by atoms with Crippen LogP contribution in [0.3, 0.4) is 0 Å². The van der Waals surface area contributed by atoms with Crippen LogP contribution in [0.25, 0.3) is 27.8 Å². The van der Waals surface area contributed by atoms with Crippen LogP contribution in [0.2, 0.25) is 0 Å². The minimum absolute atomic E-state index is 0.145. The molecule has 1 aliphatic carbocycles. The number of amides is 1. The zero-order valence-corrected chi connectivity index (χ0v) is 21.6. The molecule has 2 N–H and O–H groups in total. The van der Waals surface area contributed by atoms with E-state index in [1.54, 1.807) is 21.8 Å². The summed E-state index contributed by atoms with van der Waals surface area (Å²) in [6.07, 6.45) is 6.92. The van der Waals surface area contributed by atoms with E-state index in [1.165, 1.54) is 22.7 Å². The maximum atomic E-state index is 14.1. The molecule has 198 valence electrons. The van der Waals surface area contributed by atoms with Crippen molar-refractivity contribution in [3.05, 3.63) is 77.6 Å². The number of aryl methyl sites for hydroxylation is 1. The van der Waals surface area contributed by atoms with Crippen molar-refractivity contribution in [1.82, 2.24) is 29.5 Å². The first-order valence-electron chi connectivity index (χ1n) is 13.2. The lowest BCUT2D eigenvalue weighted by molar-refractivity contribution is 0.0304. The Hall–Kier alpha value is -4.31. The predicted octanol–water partition coefficient (Wildman–Crippen LogP) is 4.24. The molecule has 1 saturated heterocycles. The Morgan fingerprint density at radius 1 is 1.15 bits per heavy atom. The van der Waals surface area contributed by atoms with E-state index in [1.807, 2.05) is 12.1 Å². The second kappa shape index (κ2) is 9.16. The van der Waals surface area contributed by atoms with Gasteiger partial charge in [0.15, 0.2) is 5.65 Å². The Labute approximate surface area is 224 Å². The Morgan fingerprint density at radius 3 is 2.85 bits per heavy atom. The molecule has 0 spiro atoms. The van der Waals surface area contributed by atoms with Gasteiger partial charge >= 0.3 is 0 Å². The smallest absolute Gasteiger partial charge is 0.259 e. The number of morpholine rings is 1. The number of rotatable bonds is 4. The number of ether oxygens (including phenoxy) is 1. The molecule has 10 heteroatoms. The fourth-order valence-corrected chi connectivity index (χ4v) is 5.81. The maximum Gasteiger partial charge on any atom is 0.259 e. The Kier molecular flexibility index (Phi) is 5.59. The van der Waals surface area contributed by atoms with Gasteiger partial charge in [-0.05, 0) is 43.9 Å². The number of nitrogens with one attached hydrogen (secondary N) is 2. The van der Waals surface area contributed by atoms with Crippen LogP contribution in [0.4, 0.5) is 10.2 Å². The van der Waals surface area contributed by atoms with E-state index in [9.17, 15) is 9.18 Å². The Balaban J connectivity index is 1.31. The third-order valence-electron chi connectivity index (χ3n) is 7.83. The van der Waals surface area contributed by atoms with Gasteiger partial charge in [0.25, 0.3) is 5.91 Å². The van der Waals surface area contributed by atoms with E-state index in [-0.39, 0.29) is 11.4 Å². The fourth-order valence-electron chi connectivity index (χ4n) is 5.81. The predicted molar refractivity (Wildman–Crippen MR) is 145 cm³/mol. The van der Waals surface area contributed by atoms with Crippen LogP contribution in [0.5, 0.6) is 0 Å². The van der Waals surface area contributed by atoms with Crippen molar-refractivity contribution in [3.63, 3.8) is 0 Å². The number of halogens is 1. The number of anilines is 1. The summed E-state index contributed by atoms with van der Waals surface area (Å²) < 4.78 is 21.2. The van der Waals surface area contributed by atoms with Crippen LogP contribution in [0.15, 0.2) is 55.0 Å². The average Bonchev–Trinajstić information content (AvgIpc) is 3.54. The summed E-state index contributed by atoms with van der Waals surface area (Å²) in [4.78, 5) is 27.6. The van der Waals surface area contributed by atoms with Crippen molar-refractivity contribution < 1.29 is 13.9 Å². The van der Waals surface area contributed by atoms with Gasteiger partial charge in [-0.15, -0.1) is 0 Å². The van der Waals surface area contributed by atoms with Crippen LogP contribution in [-0.4, -0.2) is 67.2 Å². The molecule has 1 aliphatic heterocycles. The molecule has 9 nitrogen and oxygen atoms in total. The molecule has 2 aliphatic rings. The normalized spacial score (nSPS) is 19.4. The molecule has 1 fully saturated rings. The molecule has 1 unspecified atom stereocenters. The van der Waals surface area contributed by atoms with Crippen LogP contribution in [-0.2, 0) is 17.6 Å². The Morgan fingerprint density at radius 2 is 2.00 bits per heavy atom. The van der Waals surface area contributed by atoms with E-state index < -0.39 is 5.82 Å². The lowest BCUT2D eigenvalue weighted by atomic mass is 9.81. The maximum absolute atomic E-state index is 14.1. The van der Waals surface area contributed by atoms with Gasteiger partial charge in [0.1, 0.15) is 17.2 Å². The summed E-state index contributed by atoms with van der Waals surface area (Å²) in [7, 11) is 0. The molecule has 0 saturated carbocycles. The number of hydrogen-bond acceptors (Lipinski definition) is 6. The number of aromatic nitrogens is 5. The highest BCUT2D eigenvalue weighted by atomic mass is 19.1. The number of nitrogens with zero attached hydrogens (tertiary/aromatic N) is 5. The number of carbonyl (C=O) groups is 1. The second-order valence-corrected chi connectivity index (χ2v) is 10.6. The quantitative estimate of drug-likeness (QED) is 0.364. The van der Waals surface area contributed by atoms with Crippen molar-refractivity contribution in [1.29, 1.82) is 0 Å². The number of aromatic amines is 1. The first-order valence-corrected chi connectivity index (χ1v) is 13.2. The molecular weight excluding hydrogens is 497 g/mol. The lowest BCUT2D eigenvalue weighted by Crippen LogP contribution is -2.41. The molecular formula is C29H28FN7O2. The third kappa shape index (κ3) is 4.21. The van der Waals surface area contributed by atoms with Gasteiger partial charge in [0.05, 0.1) is 31.3 Å². The molecule has 0 bridgehead atoms. The highest BCUT2D eigenvalue weighted by Gasteiger charge is 2.33. The summed E-state index contributed by atoms with van der Waals surface area (Å²) in [5.74, 6) is 0.0903. The standard InChI is InChI=1S/C29H28FN7O2/c1-29(7-6-24-21(14-29)20-4-2-3-5-23(20)33-24)35-26-13-25(18-12-19(30)16-31-15-18)34-27-22(17-32-37(26)27)28(38)36-8-10-39-11-9-36/h2-5,12-13,15-17,33,35H,6-11,14H2,1H3. The van der Waals surface area contributed by atoms with Gasteiger partial charge < -0.3 is 19.9 Å². The lowest BCUT2D eigenvalue weighted by Gasteiger charge is -2.35.